The molecule has 4 nitrogen and oxygen atoms in total. The van der Waals surface area contributed by atoms with Crippen molar-refractivity contribution in [2.24, 2.45) is 0 Å². The Balaban J connectivity index is 1.94. The third kappa shape index (κ3) is 4.32. The van der Waals surface area contributed by atoms with Crippen molar-refractivity contribution >= 4 is 5.97 Å². The minimum absolute atomic E-state index is 0.0559. The molecular weight excluding hydrogens is 252 g/mol. The summed E-state index contributed by atoms with van der Waals surface area (Å²) in [5, 5.41) is 12.0. The molecule has 110 valence electrons. The molecule has 2 rings (SSSR count). The van der Waals surface area contributed by atoms with Crippen LogP contribution in [0.3, 0.4) is 0 Å². The SMILES string of the molecule is CN(Cc1ccccc1)C1CCCCC1NCC(=O)O. The first-order chi connectivity index (χ1) is 9.66. The summed E-state index contributed by atoms with van der Waals surface area (Å²) < 4.78 is 0. The Morgan fingerprint density at radius 3 is 2.70 bits per heavy atom. The van der Waals surface area contributed by atoms with Crippen LogP contribution in [0.25, 0.3) is 0 Å². The maximum atomic E-state index is 10.7. The highest BCUT2D eigenvalue weighted by molar-refractivity contribution is 5.69. The minimum atomic E-state index is -0.778. The Bertz CT molecular complexity index is 422. The molecule has 0 heterocycles. The van der Waals surface area contributed by atoms with Gasteiger partial charge in [0.25, 0.3) is 0 Å². The third-order valence-electron chi connectivity index (χ3n) is 4.09. The van der Waals surface area contributed by atoms with Crippen LogP contribution in [0.5, 0.6) is 0 Å². The minimum Gasteiger partial charge on any atom is -0.480 e. The van der Waals surface area contributed by atoms with Gasteiger partial charge in [-0.05, 0) is 25.5 Å². The van der Waals surface area contributed by atoms with Gasteiger partial charge < -0.3 is 10.4 Å². The summed E-state index contributed by atoms with van der Waals surface area (Å²) in [6.07, 6.45) is 4.62. The zero-order valence-corrected chi connectivity index (χ0v) is 12.1. The molecule has 1 aromatic rings. The van der Waals surface area contributed by atoms with Gasteiger partial charge in [0.15, 0.2) is 0 Å². The number of rotatable bonds is 6. The topological polar surface area (TPSA) is 52.6 Å². The van der Waals surface area contributed by atoms with E-state index in [1.807, 2.05) is 6.07 Å². The van der Waals surface area contributed by atoms with Gasteiger partial charge in [-0.2, -0.15) is 0 Å². The van der Waals surface area contributed by atoms with Crippen molar-refractivity contribution in [1.82, 2.24) is 10.2 Å². The zero-order chi connectivity index (χ0) is 14.4. The summed E-state index contributed by atoms with van der Waals surface area (Å²) in [6.45, 7) is 0.969. The van der Waals surface area contributed by atoms with Crippen molar-refractivity contribution < 1.29 is 9.90 Å². The van der Waals surface area contributed by atoms with E-state index in [1.54, 1.807) is 0 Å². The molecule has 0 aromatic heterocycles. The highest BCUT2D eigenvalue weighted by Crippen LogP contribution is 2.23. The summed E-state index contributed by atoms with van der Waals surface area (Å²) in [5.41, 5.74) is 1.30. The molecule has 0 spiro atoms. The highest BCUT2D eigenvalue weighted by Gasteiger charge is 2.28. The molecule has 2 unspecified atom stereocenters. The number of hydrogen-bond acceptors (Lipinski definition) is 3. The van der Waals surface area contributed by atoms with Crippen LogP contribution in [-0.4, -0.2) is 41.7 Å². The second-order valence-corrected chi connectivity index (χ2v) is 5.63. The number of nitrogens with one attached hydrogen (secondary N) is 1. The Morgan fingerprint density at radius 2 is 2.00 bits per heavy atom. The smallest absolute Gasteiger partial charge is 0.317 e. The molecule has 4 heteroatoms. The van der Waals surface area contributed by atoms with Crippen LogP contribution in [0.2, 0.25) is 0 Å². The number of likely N-dealkylation sites (N-methyl/N-ethyl adjacent to an activating group) is 1. The van der Waals surface area contributed by atoms with Gasteiger partial charge in [0.2, 0.25) is 0 Å². The molecular formula is C16H24N2O2. The molecule has 0 bridgehead atoms. The first kappa shape index (κ1) is 15.0. The number of aliphatic carboxylic acids is 1. The van der Waals surface area contributed by atoms with E-state index in [9.17, 15) is 4.79 Å². The van der Waals surface area contributed by atoms with Crippen molar-refractivity contribution in [2.75, 3.05) is 13.6 Å². The van der Waals surface area contributed by atoms with Gasteiger partial charge in [-0.3, -0.25) is 9.69 Å². The lowest BCUT2D eigenvalue weighted by atomic mass is 9.89. The Kier molecular flexibility index (Phi) is 5.56. The molecule has 0 radical (unpaired) electrons. The molecule has 1 aliphatic rings. The number of benzene rings is 1. The van der Waals surface area contributed by atoms with E-state index in [-0.39, 0.29) is 12.6 Å². The van der Waals surface area contributed by atoms with Crippen LogP contribution in [0.15, 0.2) is 30.3 Å². The molecule has 2 atom stereocenters. The van der Waals surface area contributed by atoms with Gasteiger partial charge in [-0.15, -0.1) is 0 Å². The van der Waals surface area contributed by atoms with E-state index >= 15 is 0 Å². The lowest BCUT2D eigenvalue weighted by molar-refractivity contribution is -0.136. The molecule has 0 aliphatic heterocycles. The normalized spacial score (nSPS) is 22.9. The van der Waals surface area contributed by atoms with Crippen molar-refractivity contribution in [3.8, 4) is 0 Å². The largest absolute Gasteiger partial charge is 0.480 e. The zero-order valence-electron chi connectivity index (χ0n) is 12.1. The van der Waals surface area contributed by atoms with Crippen molar-refractivity contribution in [3.63, 3.8) is 0 Å². The maximum absolute atomic E-state index is 10.7. The van der Waals surface area contributed by atoms with Crippen molar-refractivity contribution in [1.29, 1.82) is 0 Å². The fraction of sp³-hybridized carbons (Fsp3) is 0.562. The van der Waals surface area contributed by atoms with Crippen LogP contribution >= 0.6 is 0 Å². The summed E-state index contributed by atoms with van der Waals surface area (Å²) in [6, 6.07) is 11.1. The molecule has 1 aliphatic carbocycles. The number of carboxylic acids is 1. The molecule has 1 fully saturated rings. The quantitative estimate of drug-likeness (QED) is 0.835. The average Bonchev–Trinajstić information content (AvgIpc) is 2.46. The van der Waals surface area contributed by atoms with Crippen molar-refractivity contribution in [2.45, 2.75) is 44.3 Å². The highest BCUT2D eigenvalue weighted by atomic mass is 16.4. The number of carbonyl (C=O) groups is 1. The van der Waals surface area contributed by atoms with E-state index in [4.69, 9.17) is 5.11 Å². The van der Waals surface area contributed by atoms with E-state index in [2.05, 4.69) is 41.5 Å². The number of carboxylic acid groups (broad SMARTS) is 1. The Morgan fingerprint density at radius 1 is 1.30 bits per heavy atom. The predicted molar refractivity (Wildman–Crippen MR) is 79.6 cm³/mol. The first-order valence-electron chi connectivity index (χ1n) is 7.36. The van der Waals surface area contributed by atoms with Gasteiger partial charge in [0.05, 0.1) is 6.54 Å². The number of hydrogen-bond donors (Lipinski definition) is 2. The predicted octanol–water partition coefficient (Wildman–Crippen LogP) is 2.10. The fourth-order valence-electron chi connectivity index (χ4n) is 3.08. The van der Waals surface area contributed by atoms with Gasteiger partial charge in [0, 0.05) is 18.6 Å². The molecule has 0 amide bonds. The Hall–Kier alpha value is -1.39. The molecule has 2 N–H and O–H groups in total. The molecule has 1 aromatic carbocycles. The van der Waals surface area contributed by atoms with Crippen LogP contribution in [0, 0.1) is 0 Å². The monoisotopic (exact) mass is 276 g/mol. The standard InChI is InChI=1S/C16H24N2O2/c1-18(12-13-7-3-2-4-8-13)15-10-6-5-9-14(15)17-11-16(19)20/h2-4,7-8,14-15,17H,5-6,9-12H2,1H3,(H,19,20). The lowest BCUT2D eigenvalue weighted by Gasteiger charge is -2.38. The maximum Gasteiger partial charge on any atom is 0.317 e. The van der Waals surface area contributed by atoms with Gasteiger partial charge >= 0.3 is 5.97 Å². The summed E-state index contributed by atoms with van der Waals surface area (Å²) in [5.74, 6) is -0.778. The van der Waals surface area contributed by atoms with Crippen LogP contribution in [0.4, 0.5) is 0 Å². The van der Waals surface area contributed by atoms with E-state index in [0.29, 0.717) is 6.04 Å². The van der Waals surface area contributed by atoms with Crippen LogP contribution < -0.4 is 5.32 Å². The van der Waals surface area contributed by atoms with Crippen LogP contribution in [-0.2, 0) is 11.3 Å². The Labute approximate surface area is 120 Å². The fourth-order valence-corrected chi connectivity index (χ4v) is 3.08. The van der Waals surface area contributed by atoms with E-state index < -0.39 is 5.97 Å². The van der Waals surface area contributed by atoms with Crippen LogP contribution in [0.1, 0.15) is 31.2 Å². The van der Waals surface area contributed by atoms with E-state index in [0.717, 1.165) is 19.4 Å². The van der Waals surface area contributed by atoms with Gasteiger partial charge in [-0.25, -0.2) is 0 Å². The summed E-state index contributed by atoms with van der Waals surface area (Å²) in [7, 11) is 2.14. The molecule has 20 heavy (non-hydrogen) atoms. The summed E-state index contributed by atoms with van der Waals surface area (Å²) in [4.78, 5) is 13.1. The third-order valence-corrected chi connectivity index (χ3v) is 4.09. The summed E-state index contributed by atoms with van der Waals surface area (Å²) >= 11 is 0. The molecule has 1 saturated carbocycles. The van der Waals surface area contributed by atoms with Gasteiger partial charge in [0.1, 0.15) is 0 Å². The first-order valence-corrected chi connectivity index (χ1v) is 7.36. The lowest BCUT2D eigenvalue weighted by Crippen LogP contribution is -2.51. The number of nitrogens with zero attached hydrogens (tertiary/aromatic N) is 1. The second-order valence-electron chi connectivity index (χ2n) is 5.63. The van der Waals surface area contributed by atoms with Gasteiger partial charge in [-0.1, -0.05) is 43.2 Å². The second kappa shape index (κ2) is 7.41. The average molecular weight is 276 g/mol. The molecule has 0 saturated heterocycles. The van der Waals surface area contributed by atoms with E-state index in [1.165, 1.54) is 18.4 Å². The van der Waals surface area contributed by atoms with Crippen molar-refractivity contribution in [3.05, 3.63) is 35.9 Å².